The summed E-state index contributed by atoms with van der Waals surface area (Å²) in [6, 6.07) is 12.0. The number of rotatable bonds is 7. The predicted molar refractivity (Wildman–Crippen MR) is 126 cm³/mol. The lowest BCUT2D eigenvalue weighted by Crippen LogP contribution is -2.46. The number of piperazine rings is 1. The average Bonchev–Trinajstić information content (AvgIpc) is 3.29. The summed E-state index contributed by atoms with van der Waals surface area (Å²) in [4.78, 5) is 21.9. The number of carbonyl (C=O) groups excluding carboxylic acids is 1. The van der Waals surface area contributed by atoms with Gasteiger partial charge in [-0.15, -0.1) is 11.3 Å². The van der Waals surface area contributed by atoms with Crippen molar-refractivity contribution < 1.29 is 13.9 Å². The fraction of sp³-hybridized carbons (Fsp3) is 0.333. The monoisotopic (exact) mass is 454 g/mol. The molecule has 4 rings (SSSR count). The number of anilines is 2. The molecule has 0 spiro atoms. The largest absolute Gasteiger partial charge is 0.486 e. The number of likely N-dealkylation sites (N-methyl/N-ethyl adjacent to an activating group) is 1. The van der Waals surface area contributed by atoms with E-state index in [4.69, 9.17) is 4.74 Å². The van der Waals surface area contributed by atoms with E-state index in [2.05, 4.69) is 39.2 Å². The van der Waals surface area contributed by atoms with E-state index in [-0.39, 0.29) is 18.3 Å². The molecule has 0 atom stereocenters. The highest BCUT2D eigenvalue weighted by molar-refractivity contribution is 7.09. The summed E-state index contributed by atoms with van der Waals surface area (Å²) >= 11 is 1.36. The molecule has 1 amide bonds. The SMILES string of the molecule is CCN1CCN(c2ccc(NC(=O)c3csc(COc4ccc(F)cc4)n3)c(C)c2)CC1. The highest BCUT2D eigenvalue weighted by atomic mass is 32.1. The molecule has 168 valence electrons. The number of aromatic nitrogens is 1. The Kier molecular flexibility index (Phi) is 7.02. The van der Waals surface area contributed by atoms with Gasteiger partial charge in [0.2, 0.25) is 0 Å². The maximum Gasteiger partial charge on any atom is 0.275 e. The van der Waals surface area contributed by atoms with Gasteiger partial charge in [-0.05, 0) is 61.5 Å². The molecule has 0 radical (unpaired) electrons. The van der Waals surface area contributed by atoms with E-state index in [1.165, 1.54) is 29.2 Å². The Morgan fingerprint density at radius 2 is 1.91 bits per heavy atom. The zero-order valence-electron chi connectivity index (χ0n) is 18.3. The molecule has 1 aromatic heterocycles. The molecule has 2 heterocycles. The van der Waals surface area contributed by atoms with Crippen LogP contribution in [0.3, 0.4) is 0 Å². The van der Waals surface area contributed by atoms with Crippen LogP contribution in [0.25, 0.3) is 0 Å². The molecule has 6 nitrogen and oxygen atoms in total. The van der Waals surface area contributed by atoms with E-state index < -0.39 is 0 Å². The van der Waals surface area contributed by atoms with Crippen molar-refractivity contribution in [1.82, 2.24) is 9.88 Å². The first-order valence-electron chi connectivity index (χ1n) is 10.7. The van der Waals surface area contributed by atoms with Gasteiger partial charge in [-0.25, -0.2) is 9.37 Å². The second-order valence-electron chi connectivity index (χ2n) is 7.74. The molecule has 1 saturated heterocycles. The Balaban J connectivity index is 1.34. The minimum absolute atomic E-state index is 0.225. The number of nitrogens with zero attached hydrogens (tertiary/aromatic N) is 3. The molecule has 2 aromatic carbocycles. The third-order valence-electron chi connectivity index (χ3n) is 5.60. The number of amides is 1. The van der Waals surface area contributed by atoms with Crippen LogP contribution in [0.2, 0.25) is 0 Å². The fourth-order valence-electron chi connectivity index (χ4n) is 3.65. The van der Waals surface area contributed by atoms with Crippen molar-refractivity contribution in [3.63, 3.8) is 0 Å². The van der Waals surface area contributed by atoms with E-state index in [1.54, 1.807) is 17.5 Å². The van der Waals surface area contributed by atoms with E-state index in [1.807, 2.05) is 13.0 Å². The van der Waals surface area contributed by atoms with Crippen molar-refractivity contribution in [2.75, 3.05) is 42.9 Å². The summed E-state index contributed by atoms with van der Waals surface area (Å²) in [6.45, 7) is 9.69. The van der Waals surface area contributed by atoms with Gasteiger partial charge in [0.15, 0.2) is 0 Å². The third kappa shape index (κ3) is 5.44. The van der Waals surface area contributed by atoms with Crippen molar-refractivity contribution in [3.05, 3.63) is 69.9 Å². The summed E-state index contributed by atoms with van der Waals surface area (Å²) in [7, 11) is 0. The van der Waals surface area contributed by atoms with Crippen molar-refractivity contribution in [2.45, 2.75) is 20.5 Å². The highest BCUT2D eigenvalue weighted by Crippen LogP contribution is 2.24. The van der Waals surface area contributed by atoms with Gasteiger partial charge in [-0.3, -0.25) is 4.79 Å². The van der Waals surface area contributed by atoms with Gasteiger partial charge < -0.3 is 19.9 Å². The maximum atomic E-state index is 13.0. The average molecular weight is 455 g/mol. The van der Waals surface area contributed by atoms with Gasteiger partial charge >= 0.3 is 0 Å². The van der Waals surface area contributed by atoms with Gasteiger partial charge in [-0.2, -0.15) is 0 Å². The molecule has 3 aromatic rings. The Bertz CT molecular complexity index is 1060. The molecule has 1 aliphatic heterocycles. The third-order valence-corrected chi connectivity index (χ3v) is 6.43. The Morgan fingerprint density at radius 3 is 2.59 bits per heavy atom. The van der Waals surface area contributed by atoms with Gasteiger partial charge in [-0.1, -0.05) is 6.92 Å². The standard InChI is InChI=1S/C24H27FN4O2S/c1-3-28-10-12-29(13-11-28)19-6-9-21(17(2)14-19)27-24(30)22-16-32-23(26-22)15-31-20-7-4-18(25)5-8-20/h4-9,14,16H,3,10-13,15H2,1-2H3,(H,27,30). The van der Waals surface area contributed by atoms with Crippen LogP contribution in [-0.2, 0) is 6.61 Å². The maximum absolute atomic E-state index is 13.0. The molecule has 0 bridgehead atoms. The lowest BCUT2D eigenvalue weighted by atomic mass is 10.1. The van der Waals surface area contributed by atoms with E-state index in [0.717, 1.165) is 44.0 Å². The van der Waals surface area contributed by atoms with Crippen LogP contribution in [-0.4, -0.2) is 48.5 Å². The molecule has 1 aliphatic rings. The minimum Gasteiger partial charge on any atom is -0.486 e. The Morgan fingerprint density at radius 1 is 1.16 bits per heavy atom. The van der Waals surface area contributed by atoms with E-state index >= 15 is 0 Å². The van der Waals surface area contributed by atoms with Crippen molar-refractivity contribution >= 4 is 28.6 Å². The van der Waals surface area contributed by atoms with Crippen molar-refractivity contribution in [1.29, 1.82) is 0 Å². The molecule has 32 heavy (non-hydrogen) atoms. The van der Waals surface area contributed by atoms with E-state index in [0.29, 0.717) is 16.5 Å². The van der Waals surface area contributed by atoms with Gasteiger partial charge in [0.05, 0.1) is 0 Å². The molecule has 1 fully saturated rings. The first-order chi connectivity index (χ1) is 15.5. The number of hydrogen-bond acceptors (Lipinski definition) is 6. The number of nitrogens with one attached hydrogen (secondary N) is 1. The Hall–Kier alpha value is -2.97. The second kappa shape index (κ2) is 10.1. The number of aryl methyl sites for hydroxylation is 1. The predicted octanol–water partition coefficient (Wildman–Crippen LogP) is 4.56. The fourth-order valence-corrected chi connectivity index (χ4v) is 4.34. The zero-order valence-corrected chi connectivity index (χ0v) is 19.1. The van der Waals surface area contributed by atoms with Gasteiger partial charge in [0.25, 0.3) is 5.91 Å². The molecule has 8 heteroatoms. The number of benzene rings is 2. The normalized spacial score (nSPS) is 14.4. The van der Waals surface area contributed by atoms with E-state index in [9.17, 15) is 9.18 Å². The number of hydrogen-bond donors (Lipinski definition) is 1. The molecular weight excluding hydrogens is 427 g/mol. The van der Waals surface area contributed by atoms with Crippen LogP contribution in [0.1, 0.15) is 28.0 Å². The minimum atomic E-state index is -0.312. The lowest BCUT2D eigenvalue weighted by molar-refractivity contribution is 0.102. The number of ether oxygens (including phenoxy) is 1. The first-order valence-corrected chi connectivity index (χ1v) is 11.6. The van der Waals surface area contributed by atoms with Crippen LogP contribution in [0.5, 0.6) is 5.75 Å². The smallest absolute Gasteiger partial charge is 0.275 e. The van der Waals surface area contributed by atoms with Crippen LogP contribution in [0, 0.1) is 12.7 Å². The highest BCUT2D eigenvalue weighted by Gasteiger charge is 2.17. The van der Waals surface area contributed by atoms with Crippen LogP contribution in [0.15, 0.2) is 47.8 Å². The van der Waals surface area contributed by atoms with Gasteiger partial charge in [0.1, 0.15) is 28.9 Å². The zero-order chi connectivity index (χ0) is 22.5. The second-order valence-corrected chi connectivity index (χ2v) is 8.69. The van der Waals surface area contributed by atoms with Crippen molar-refractivity contribution in [2.24, 2.45) is 0 Å². The summed E-state index contributed by atoms with van der Waals surface area (Å²) in [5.41, 5.74) is 3.34. The molecule has 0 aliphatic carbocycles. The number of thiazole rings is 1. The molecule has 0 saturated carbocycles. The van der Waals surface area contributed by atoms with Crippen LogP contribution in [0.4, 0.5) is 15.8 Å². The topological polar surface area (TPSA) is 57.7 Å². The molecule has 1 N–H and O–H groups in total. The van der Waals surface area contributed by atoms with Crippen LogP contribution >= 0.6 is 11.3 Å². The lowest BCUT2D eigenvalue weighted by Gasteiger charge is -2.35. The van der Waals surface area contributed by atoms with Crippen molar-refractivity contribution in [3.8, 4) is 5.75 Å². The Labute approximate surface area is 191 Å². The summed E-state index contributed by atoms with van der Waals surface area (Å²) in [5, 5.41) is 5.36. The van der Waals surface area contributed by atoms with Gasteiger partial charge in [0, 0.05) is 42.9 Å². The van der Waals surface area contributed by atoms with Crippen LogP contribution < -0.4 is 15.0 Å². The quantitative estimate of drug-likeness (QED) is 0.567. The molecule has 0 unspecified atom stereocenters. The number of halogens is 1. The molecular formula is C24H27FN4O2S. The summed E-state index contributed by atoms with van der Waals surface area (Å²) in [6.07, 6.45) is 0. The number of carbonyl (C=O) groups is 1. The first kappa shape index (κ1) is 22.2. The summed E-state index contributed by atoms with van der Waals surface area (Å²) < 4.78 is 18.6. The summed E-state index contributed by atoms with van der Waals surface area (Å²) in [5.74, 6) is -0.00550.